The van der Waals surface area contributed by atoms with Crippen LogP contribution in [-0.2, 0) is 6.42 Å². The van der Waals surface area contributed by atoms with E-state index in [9.17, 15) is 0 Å². The van der Waals surface area contributed by atoms with Gasteiger partial charge in [0.15, 0.2) is 0 Å². The molecule has 0 radical (unpaired) electrons. The Morgan fingerprint density at radius 3 is 2.43 bits per heavy atom. The van der Waals surface area contributed by atoms with Crippen molar-refractivity contribution >= 4 is 0 Å². The Balaban J connectivity index is 1.22. The molecule has 5 aliphatic carbocycles. The summed E-state index contributed by atoms with van der Waals surface area (Å²) >= 11 is 0. The molecule has 8 unspecified atom stereocenters. The van der Waals surface area contributed by atoms with Gasteiger partial charge in [0.1, 0.15) is 0 Å². The highest BCUT2D eigenvalue weighted by molar-refractivity contribution is 5.33. The Morgan fingerprint density at radius 2 is 1.50 bits per heavy atom. The maximum Gasteiger partial charge on any atom is -0.0128 e. The zero-order valence-electron chi connectivity index (χ0n) is 19.6. The summed E-state index contributed by atoms with van der Waals surface area (Å²) in [5, 5.41) is 0. The summed E-state index contributed by atoms with van der Waals surface area (Å²) < 4.78 is 0. The molecule has 0 spiro atoms. The summed E-state index contributed by atoms with van der Waals surface area (Å²) in [6.07, 6.45) is 19.7. The van der Waals surface area contributed by atoms with Crippen LogP contribution in [-0.4, -0.2) is 0 Å². The minimum Gasteiger partial charge on any atom is -0.0620 e. The van der Waals surface area contributed by atoms with Gasteiger partial charge in [-0.15, -0.1) is 0 Å². The SMILES string of the molecule is CC(C)(C1CC2CCCc3ccccc3C2C1)C1CCC2C3CCCCC3CCC21. The van der Waals surface area contributed by atoms with Crippen molar-refractivity contribution in [1.29, 1.82) is 0 Å². The van der Waals surface area contributed by atoms with Gasteiger partial charge in [-0.05, 0) is 128 Å². The Hall–Kier alpha value is -0.780. The van der Waals surface area contributed by atoms with Crippen LogP contribution in [0.5, 0.6) is 0 Å². The highest BCUT2D eigenvalue weighted by Crippen LogP contribution is 2.63. The molecular formula is C30H44. The number of rotatable bonds is 2. The van der Waals surface area contributed by atoms with Crippen LogP contribution >= 0.6 is 0 Å². The van der Waals surface area contributed by atoms with Gasteiger partial charge in [0, 0.05) is 0 Å². The van der Waals surface area contributed by atoms with Crippen molar-refractivity contribution in [1.82, 2.24) is 0 Å². The van der Waals surface area contributed by atoms with Crippen molar-refractivity contribution in [2.24, 2.45) is 46.8 Å². The van der Waals surface area contributed by atoms with Crippen molar-refractivity contribution in [2.45, 2.75) is 103 Å². The van der Waals surface area contributed by atoms with E-state index in [1.54, 1.807) is 49.7 Å². The number of benzene rings is 1. The van der Waals surface area contributed by atoms with Crippen LogP contribution in [0.1, 0.15) is 108 Å². The maximum atomic E-state index is 2.72. The summed E-state index contributed by atoms with van der Waals surface area (Å²) in [5.41, 5.74) is 3.97. The second kappa shape index (κ2) is 7.67. The van der Waals surface area contributed by atoms with E-state index in [1.165, 1.54) is 44.9 Å². The average Bonchev–Trinajstić information content (AvgIpc) is 3.36. The first-order chi connectivity index (χ1) is 14.6. The van der Waals surface area contributed by atoms with Crippen LogP contribution < -0.4 is 0 Å². The molecule has 0 heterocycles. The topological polar surface area (TPSA) is 0 Å². The van der Waals surface area contributed by atoms with Crippen LogP contribution in [0.25, 0.3) is 0 Å². The number of fused-ring (bicyclic) bond motifs is 6. The lowest BCUT2D eigenvalue weighted by molar-refractivity contribution is 0.0116. The molecule has 0 heteroatoms. The summed E-state index contributed by atoms with van der Waals surface area (Å²) in [7, 11) is 0. The summed E-state index contributed by atoms with van der Waals surface area (Å²) in [4.78, 5) is 0. The fraction of sp³-hybridized carbons (Fsp3) is 0.800. The molecular weight excluding hydrogens is 360 g/mol. The van der Waals surface area contributed by atoms with Gasteiger partial charge < -0.3 is 0 Å². The van der Waals surface area contributed by atoms with Crippen molar-refractivity contribution in [3.8, 4) is 0 Å². The molecule has 4 fully saturated rings. The van der Waals surface area contributed by atoms with Crippen LogP contribution in [0.4, 0.5) is 0 Å². The highest BCUT2D eigenvalue weighted by atomic mass is 14.6. The lowest BCUT2D eigenvalue weighted by atomic mass is 9.57. The molecule has 0 N–H and O–H groups in total. The quantitative estimate of drug-likeness (QED) is 0.464. The maximum absolute atomic E-state index is 2.72. The van der Waals surface area contributed by atoms with E-state index < -0.39 is 0 Å². The first-order valence-corrected chi connectivity index (χ1v) is 13.7. The molecule has 0 bridgehead atoms. The first kappa shape index (κ1) is 19.9. The van der Waals surface area contributed by atoms with Crippen molar-refractivity contribution in [3.05, 3.63) is 35.4 Å². The molecule has 1 aromatic carbocycles. The zero-order valence-corrected chi connectivity index (χ0v) is 19.6. The molecule has 164 valence electrons. The lowest BCUT2D eigenvalue weighted by Gasteiger charge is -2.48. The fourth-order valence-electron chi connectivity index (χ4n) is 9.95. The smallest absolute Gasteiger partial charge is 0.0128 e. The third-order valence-corrected chi connectivity index (χ3v) is 11.4. The molecule has 4 saturated carbocycles. The normalized spacial score (nSPS) is 43.3. The highest BCUT2D eigenvalue weighted by Gasteiger charge is 2.54. The Labute approximate surface area is 185 Å². The number of hydrogen-bond donors (Lipinski definition) is 0. The van der Waals surface area contributed by atoms with Gasteiger partial charge in [0.05, 0.1) is 0 Å². The molecule has 0 nitrogen and oxygen atoms in total. The molecule has 8 atom stereocenters. The monoisotopic (exact) mass is 404 g/mol. The van der Waals surface area contributed by atoms with Crippen molar-refractivity contribution in [3.63, 3.8) is 0 Å². The van der Waals surface area contributed by atoms with Gasteiger partial charge in [0.2, 0.25) is 0 Å². The van der Waals surface area contributed by atoms with Crippen LogP contribution in [0.2, 0.25) is 0 Å². The third-order valence-electron chi connectivity index (χ3n) is 11.4. The first-order valence-electron chi connectivity index (χ1n) is 13.7. The van der Waals surface area contributed by atoms with E-state index >= 15 is 0 Å². The largest absolute Gasteiger partial charge is 0.0620 e. The molecule has 0 aliphatic heterocycles. The van der Waals surface area contributed by atoms with Gasteiger partial charge >= 0.3 is 0 Å². The Kier molecular flexibility index (Phi) is 5.08. The number of aryl methyl sites for hydroxylation is 1. The van der Waals surface area contributed by atoms with Crippen molar-refractivity contribution in [2.75, 3.05) is 0 Å². The van der Waals surface area contributed by atoms with Crippen LogP contribution in [0, 0.1) is 46.8 Å². The molecule has 6 rings (SSSR count). The van der Waals surface area contributed by atoms with Gasteiger partial charge in [0.25, 0.3) is 0 Å². The Morgan fingerprint density at radius 1 is 0.700 bits per heavy atom. The van der Waals surface area contributed by atoms with Gasteiger partial charge in [-0.3, -0.25) is 0 Å². The number of hydrogen-bond acceptors (Lipinski definition) is 0. The van der Waals surface area contributed by atoms with Gasteiger partial charge in [-0.2, -0.15) is 0 Å². The molecule has 0 amide bonds. The van der Waals surface area contributed by atoms with E-state index in [-0.39, 0.29) is 0 Å². The fourth-order valence-corrected chi connectivity index (χ4v) is 9.95. The van der Waals surface area contributed by atoms with Gasteiger partial charge in [-0.1, -0.05) is 57.4 Å². The summed E-state index contributed by atoms with van der Waals surface area (Å²) in [6.45, 7) is 5.43. The van der Waals surface area contributed by atoms with E-state index in [4.69, 9.17) is 0 Å². The van der Waals surface area contributed by atoms with Crippen LogP contribution in [0.15, 0.2) is 24.3 Å². The minimum absolute atomic E-state index is 0.544. The van der Waals surface area contributed by atoms with Crippen LogP contribution in [0.3, 0.4) is 0 Å². The molecule has 30 heavy (non-hydrogen) atoms. The second-order valence-corrected chi connectivity index (χ2v) is 12.7. The third kappa shape index (κ3) is 3.14. The molecule has 0 saturated heterocycles. The van der Waals surface area contributed by atoms with E-state index in [0.717, 1.165) is 47.3 Å². The van der Waals surface area contributed by atoms with E-state index in [0.29, 0.717) is 5.41 Å². The predicted octanol–water partition coefficient (Wildman–Crippen LogP) is 8.40. The minimum atomic E-state index is 0.544. The molecule has 1 aromatic rings. The molecule has 0 aromatic heterocycles. The van der Waals surface area contributed by atoms with E-state index in [1.807, 2.05) is 0 Å². The van der Waals surface area contributed by atoms with E-state index in [2.05, 4.69) is 38.1 Å². The molecule has 5 aliphatic rings. The van der Waals surface area contributed by atoms with Crippen molar-refractivity contribution < 1.29 is 0 Å². The average molecular weight is 405 g/mol. The zero-order chi connectivity index (χ0) is 20.3. The summed E-state index contributed by atoms with van der Waals surface area (Å²) in [5.74, 6) is 8.16. The predicted molar refractivity (Wildman–Crippen MR) is 127 cm³/mol. The second-order valence-electron chi connectivity index (χ2n) is 12.7. The summed E-state index contributed by atoms with van der Waals surface area (Å²) in [6, 6.07) is 9.50. The Bertz CT molecular complexity index is 759. The standard InChI is InChI=1S/C30H44/c1-30(2,29-17-16-26-24-12-5-4-9-21(24)14-15-27(26)29)23-18-22-11-7-10-20-8-3-6-13-25(20)28(22)19-23/h3,6,8,13,21-24,26-29H,4-5,7,9-12,14-19H2,1-2H3. The lowest BCUT2D eigenvalue weighted by Crippen LogP contribution is -2.40. The van der Waals surface area contributed by atoms with Gasteiger partial charge in [-0.25, -0.2) is 0 Å².